The predicted octanol–water partition coefficient (Wildman–Crippen LogP) is 4.40. The van der Waals surface area contributed by atoms with Gasteiger partial charge in [-0.15, -0.1) is 0 Å². The molecule has 0 spiro atoms. The molecule has 6 heteroatoms. The maximum absolute atomic E-state index is 12.9. The summed E-state index contributed by atoms with van der Waals surface area (Å²) in [4.78, 5) is 25.0. The summed E-state index contributed by atoms with van der Waals surface area (Å²) in [7, 11) is 1.55. The van der Waals surface area contributed by atoms with E-state index >= 15 is 0 Å². The monoisotopic (exact) mass is 404 g/mol. The van der Waals surface area contributed by atoms with Gasteiger partial charge < -0.3 is 15.4 Å². The zero-order valence-electron chi connectivity index (χ0n) is 16.4. The summed E-state index contributed by atoms with van der Waals surface area (Å²) in [5.41, 5.74) is 0.532. The van der Waals surface area contributed by atoms with E-state index in [2.05, 4.69) is 10.6 Å². The molecule has 0 heterocycles. The van der Waals surface area contributed by atoms with Crippen molar-refractivity contribution in [2.45, 2.75) is 51.4 Å². The summed E-state index contributed by atoms with van der Waals surface area (Å²) in [5.74, 6) is 3.02. The van der Waals surface area contributed by atoms with Crippen LogP contribution in [0.2, 0.25) is 5.02 Å². The van der Waals surface area contributed by atoms with Crippen LogP contribution in [0.1, 0.15) is 51.4 Å². The number of rotatable bonds is 7. The summed E-state index contributed by atoms with van der Waals surface area (Å²) in [6, 6.07) is 5.16. The largest absolute Gasteiger partial charge is 0.495 e. The quantitative estimate of drug-likeness (QED) is 0.662. The molecule has 0 radical (unpaired) electrons. The Morgan fingerprint density at radius 3 is 2.36 bits per heavy atom. The molecule has 0 unspecified atom stereocenters. The minimum atomic E-state index is -0.114. The molecule has 28 heavy (non-hydrogen) atoms. The lowest BCUT2D eigenvalue weighted by molar-refractivity contribution is -0.146. The molecule has 5 rings (SSSR count). The first kappa shape index (κ1) is 19.6. The van der Waals surface area contributed by atoms with E-state index < -0.39 is 0 Å². The van der Waals surface area contributed by atoms with Crippen LogP contribution in [0.5, 0.6) is 5.75 Å². The number of anilines is 1. The lowest BCUT2D eigenvalue weighted by Crippen LogP contribution is -2.53. The molecule has 4 saturated carbocycles. The van der Waals surface area contributed by atoms with Crippen LogP contribution >= 0.6 is 11.6 Å². The number of nitrogens with one attached hydrogen (secondary N) is 2. The average Bonchev–Trinajstić information content (AvgIpc) is 2.64. The molecule has 1 aromatic rings. The number of hydrogen-bond donors (Lipinski definition) is 2. The summed E-state index contributed by atoms with van der Waals surface area (Å²) in [6.45, 7) is 0.553. The number of ether oxygens (including phenoxy) is 1. The maximum atomic E-state index is 12.9. The summed E-state index contributed by atoms with van der Waals surface area (Å²) in [6.07, 6.45) is 8.22. The third kappa shape index (κ3) is 4.00. The third-order valence-electron chi connectivity index (χ3n) is 6.82. The van der Waals surface area contributed by atoms with Crippen molar-refractivity contribution in [1.29, 1.82) is 0 Å². The Labute approximate surface area is 171 Å². The highest BCUT2D eigenvalue weighted by molar-refractivity contribution is 6.32. The van der Waals surface area contributed by atoms with Crippen molar-refractivity contribution < 1.29 is 14.3 Å². The molecule has 5 nitrogen and oxygen atoms in total. The highest BCUT2D eigenvalue weighted by atomic mass is 35.5. The molecular formula is C22H29ClN2O3. The van der Waals surface area contributed by atoms with Gasteiger partial charge in [-0.1, -0.05) is 11.6 Å². The Kier molecular flexibility index (Phi) is 5.55. The Morgan fingerprint density at radius 1 is 1.14 bits per heavy atom. The van der Waals surface area contributed by atoms with Gasteiger partial charge in [-0.25, -0.2) is 0 Å². The molecule has 4 aliphatic carbocycles. The van der Waals surface area contributed by atoms with Gasteiger partial charge in [0.25, 0.3) is 0 Å². The second kappa shape index (κ2) is 7.94. The highest BCUT2D eigenvalue weighted by Crippen LogP contribution is 2.60. The zero-order chi connectivity index (χ0) is 19.7. The lowest BCUT2D eigenvalue weighted by Gasteiger charge is -2.55. The molecule has 0 aromatic heterocycles. The molecule has 0 saturated heterocycles. The Bertz CT molecular complexity index is 729. The minimum Gasteiger partial charge on any atom is -0.495 e. The number of halogens is 1. The molecule has 4 aliphatic rings. The van der Waals surface area contributed by atoms with Crippen LogP contribution in [-0.4, -0.2) is 25.5 Å². The SMILES string of the molecule is COc1ccc(NC(=O)CCCNC(=O)C23CC4CC(CC(C4)C2)C3)cc1Cl. The lowest BCUT2D eigenvalue weighted by atomic mass is 9.49. The first-order valence-electron chi connectivity index (χ1n) is 10.4. The van der Waals surface area contributed by atoms with Gasteiger partial charge in [0.15, 0.2) is 0 Å². The van der Waals surface area contributed by atoms with E-state index in [0.29, 0.717) is 35.8 Å². The summed E-state index contributed by atoms with van der Waals surface area (Å²) >= 11 is 6.08. The van der Waals surface area contributed by atoms with Gasteiger partial charge in [-0.3, -0.25) is 9.59 Å². The fraction of sp³-hybridized carbons (Fsp3) is 0.636. The number of methoxy groups -OCH3 is 1. The van der Waals surface area contributed by atoms with Crippen molar-refractivity contribution in [2.24, 2.45) is 23.2 Å². The van der Waals surface area contributed by atoms with E-state index in [1.165, 1.54) is 19.3 Å². The normalized spacial score (nSPS) is 30.1. The van der Waals surface area contributed by atoms with Crippen molar-refractivity contribution in [1.82, 2.24) is 5.32 Å². The number of carbonyl (C=O) groups is 2. The maximum Gasteiger partial charge on any atom is 0.226 e. The topological polar surface area (TPSA) is 67.4 Å². The van der Waals surface area contributed by atoms with Gasteiger partial charge in [-0.05, 0) is 80.9 Å². The minimum absolute atomic E-state index is 0.0784. The van der Waals surface area contributed by atoms with Gasteiger partial charge in [0, 0.05) is 24.1 Å². The van der Waals surface area contributed by atoms with Crippen molar-refractivity contribution in [2.75, 3.05) is 19.0 Å². The molecule has 4 bridgehead atoms. The first-order chi connectivity index (χ1) is 13.5. The van der Waals surface area contributed by atoms with E-state index in [4.69, 9.17) is 16.3 Å². The molecule has 0 atom stereocenters. The van der Waals surface area contributed by atoms with Crippen molar-refractivity contribution in [3.8, 4) is 5.75 Å². The van der Waals surface area contributed by atoms with Crippen LogP contribution in [0.25, 0.3) is 0 Å². The molecule has 2 amide bonds. The molecule has 1 aromatic carbocycles. The predicted molar refractivity (Wildman–Crippen MR) is 109 cm³/mol. The van der Waals surface area contributed by atoms with E-state index in [9.17, 15) is 9.59 Å². The number of carbonyl (C=O) groups excluding carboxylic acids is 2. The van der Waals surface area contributed by atoms with Crippen LogP contribution in [0.4, 0.5) is 5.69 Å². The van der Waals surface area contributed by atoms with Crippen molar-refractivity contribution >= 4 is 29.1 Å². The van der Waals surface area contributed by atoms with Crippen LogP contribution in [0, 0.1) is 23.2 Å². The van der Waals surface area contributed by atoms with Gasteiger partial charge in [-0.2, -0.15) is 0 Å². The second-order valence-corrected chi connectivity index (χ2v) is 9.36. The Balaban J connectivity index is 1.21. The first-order valence-corrected chi connectivity index (χ1v) is 10.8. The number of amides is 2. The van der Waals surface area contributed by atoms with Gasteiger partial charge >= 0.3 is 0 Å². The Hall–Kier alpha value is -1.75. The van der Waals surface area contributed by atoms with Crippen LogP contribution in [0.3, 0.4) is 0 Å². The third-order valence-corrected chi connectivity index (χ3v) is 7.12. The fourth-order valence-corrected chi connectivity index (χ4v) is 6.25. The molecule has 2 N–H and O–H groups in total. The standard InChI is InChI=1S/C22H29ClN2O3/c1-28-19-5-4-17(10-18(19)23)25-20(26)3-2-6-24-21(27)22-11-14-7-15(12-22)9-16(8-14)13-22/h4-5,10,14-16H,2-3,6-9,11-13H2,1H3,(H,24,27)(H,25,26). The number of benzene rings is 1. The van der Waals surface area contributed by atoms with E-state index in [1.54, 1.807) is 25.3 Å². The zero-order valence-corrected chi connectivity index (χ0v) is 17.2. The van der Waals surface area contributed by atoms with Crippen molar-refractivity contribution in [3.05, 3.63) is 23.2 Å². The molecular weight excluding hydrogens is 376 g/mol. The molecule has 0 aliphatic heterocycles. The second-order valence-electron chi connectivity index (χ2n) is 8.95. The number of hydrogen-bond acceptors (Lipinski definition) is 3. The Morgan fingerprint density at radius 2 is 1.79 bits per heavy atom. The molecule has 152 valence electrons. The smallest absolute Gasteiger partial charge is 0.226 e. The average molecular weight is 405 g/mol. The van der Waals surface area contributed by atoms with Crippen LogP contribution in [0.15, 0.2) is 18.2 Å². The van der Waals surface area contributed by atoms with Crippen LogP contribution < -0.4 is 15.4 Å². The van der Waals surface area contributed by atoms with Crippen molar-refractivity contribution in [3.63, 3.8) is 0 Å². The highest BCUT2D eigenvalue weighted by Gasteiger charge is 2.54. The van der Waals surface area contributed by atoms with E-state index in [1.807, 2.05) is 0 Å². The van der Waals surface area contributed by atoms with E-state index in [0.717, 1.165) is 37.0 Å². The van der Waals surface area contributed by atoms with Gasteiger partial charge in [0.2, 0.25) is 11.8 Å². The van der Waals surface area contributed by atoms with Gasteiger partial charge in [0.1, 0.15) is 5.75 Å². The fourth-order valence-electron chi connectivity index (χ4n) is 5.99. The molecule has 4 fully saturated rings. The summed E-state index contributed by atoms with van der Waals surface area (Å²) in [5, 5.41) is 6.43. The van der Waals surface area contributed by atoms with Gasteiger partial charge in [0.05, 0.1) is 12.1 Å². The van der Waals surface area contributed by atoms with E-state index in [-0.39, 0.29) is 17.2 Å². The van der Waals surface area contributed by atoms with Crippen LogP contribution in [-0.2, 0) is 9.59 Å². The summed E-state index contributed by atoms with van der Waals surface area (Å²) < 4.78 is 5.11.